The van der Waals surface area contributed by atoms with Gasteiger partial charge in [0.15, 0.2) is 0 Å². The highest BCUT2D eigenvalue weighted by Crippen LogP contribution is 2.25. The van der Waals surface area contributed by atoms with Gasteiger partial charge in [-0.3, -0.25) is 9.59 Å². The Bertz CT molecular complexity index is 1040. The lowest BCUT2D eigenvalue weighted by Gasteiger charge is -2.23. The summed E-state index contributed by atoms with van der Waals surface area (Å²) in [6.07, 6.45) is 3.98. The van der Waals surface area contributed by atoms with Crippen molar-refractivity contribution in [2.75, 3.05) is 11.9 Å². The first kappa shape index (κ1) is 19.5. The topological polar surface area (TPSA) is 100 Å². The molecule has 1 aromatic carbocycles. The van der Waals surface area contributed by atoms with Gasteiger partial charge in [0.05, 0.1) is 0 Å². The second-order valence-electron chi connectivity index (χ2n) is 7.04. The number of carbonyl (C=O) groups excluding carboxylic acids is 2. The quantitative estimate of drug-likeness (QED) is 0.629. The zero-order valence-corrected chi connectivity index (χ0v) is 16.6. The van der Waals surface area contributed by atoms with E-state index in [0.29, 0.717) is 30.5 Å². The van der Waals surface area contributed by atoms with Crippen LogP contribution in [0.15, 0.2) is 60.9 Å². The van der Waals surface area contributed by atoms with Gasteiger partial charge in [-0.15, -0.1) is 0 Å². The van der Waals surface area contributed by atoms with Gasteiger partial charge in [0.25, 0.3) is 5.91 Å². The number of pyridine rings is 1. The summed E-state index contributed by atoms with van der Waals surface area (Å²) < 4.78 is 0. The van der Waals surface area contributed by atoms with Gasteiger partial charge in [-0.05, 0) is 31.0 Å². The SMILES string of the molecule is C[C@H](C(=O)NCCc1ccccc1)N1Cc2ccc(Nc3ncccn3)nc2C1=O. The fraction of sp³-hybridized carbons (Fsp3) is 0.227. The molecule has 152 valence electrons. The predicted octanol–water partition coefficient (Wildman–Crippen LogP) is 2.32. The molecule has 30 heavy (non-hydrogen) atoms. The van der Waals surface area contributed by atoms with Crippen molar-refractivity contribution in [2.45, 2.75) is 25.9 Å². The van der Waals surface area contributed by atoms with Gasteiger partial charge in [0.1, 0.15) is 17.6 Å². The van der Waals surface area contributed by atoms with E-state index < -0.39 is 6.04 Å². The Labute approximate surface area is 174 Å². The van der Waals surface area contributed by atoms with E-state index in [1.165, 1.54) is 4.90 Å². The van der Waals surface area contributed by atoms with Crippen LogP contribution >= 0.6 is 0 Å². The van der Waals surface area contributed by atoms with Crippen LogP contribution in [0.3, 0.4) is 0 Å². The van der Waals surface area contributed by atoms with Crippen LogP contribution in [0.5, 0.6) is 0 Å². The van der Waals surface area contributed by atoms with Gasteiger partial charge in [-0.25, -0.2) is 15.0 Å². The van der Waals surface area contributed by atoms with Crippen molar-refractivity contribution < 1.29 is 9.59 Å². The number of nitrogens with zero attached hydrogens (tertiary/aromatic N) is 4. The van der Waals surface area contributed by atoms with Crippen molar-refractivity contribution in [3.63, 3.8) is 0 Å². The molecular formula is C22H22N6O2. The summed E-state index contributed by atoms with van der Waals surface area (Å²) >= 11 is 0. The molecule has 0 saturated heterocycles. The number of hydrogen-bond acceptors (Lipinski definition) is 6. The molecule has 0 saturated carbocycles. The molecule has 0 spiro atoms. The average Bonchev–Trinajstić information content (AvgIpc) is 3.10. The number of hydrogen-bond donors (Lipinski definition) is 2. The van der Waals surface area contributed by atoms with E-state index >= 15 is 0 Å². The Kier molecular flexibility index (Phi) is 5.65. The van der Waals surface area contributed by atoms with Crippen molar-refractivity contribution in [2.24, 2.45) is 0 Å². The van der Waals surface area contributed by atoms with Crippen LogP contribution in [0.4, 0.5) is 11.8 Å². The highest BCUT2D eigenvalue weighted by atomic mass is 16.2. The zero-order valence-electron chi connectivity index (χ0n) is 16.6. The standard InChI is InChI=1S/C22H22N6O2/c1-15(20(29)23-13-10-16-6-3-2-4-7-16)28-14-17-8-9-18(26-19(17)21(28)30)27-22-24-11-5-12-25-22/h2-9,11-12,15H,10,13-14H2,1H3,(H,23,29)(H,24,25,26,27)/t15-/m1/s1. The Morgan fingerprint density at radius 3 is 2.63 bits per heavy atom. The first-order valence-corrected chi connectivity index (χ1v) is 9.78. The van der Waals surface area contributed by atoms with Gasteiger partial charge in [-0.1, -0.05) is 36.4 Å². The molecule has 2 aromatic heterocycles. The summed E-state index contributed by atoms with van der Waals surface area (Å²) in [5, 5.41) is 5.90. The summed E-state index contributed by atoms with van der Waals surface area (Å²) in [6.45, 7) is 2.61. The number of carbonyl (C=O) groups is 2. The van der Waals surface area contributed by atoms with Gasteiger partial charge in [-0.2, -0.15) is 0 Å². The van der Waals surface area contributed by atoms with Crippen LogP contribution in [0.25, 0.3) is 0 Å². The molecule has 8 nitrogen and oxygen atoms in total. The van der Waals surface area contributed by atoms with E-state index in [0.717, 1.165) is 17.5 Å². The maximum atomic E-state index is 12.9. The first-order chi connectivity index (χ1) is 14.6. The highest BCUT2D eigenvalue weighted by molar-refractivity contribution is 5.99. The molecule has 3 aromatic rings. The first-order valence-electron chi connectivity index (χ1n) is 9.78. The Hall–Kier alpha value is -3.81. The molecule has 0 fully saturated rings. The summed E-state index contributed by atoms with van der Waals surface area (Å²) in [4.78, 5) is 39.6. The molecule has 2 amide bonds. The normalized spacial score (nSPS) is 13.6. The number of fused-ring (bicyclic) bond motifs is 1. The molecule has 0 unspecified atom stereocenters. The number of benzene rings is 1. The van der Waals surface area contributed by atoms with E-state index in [4.69, 9.17) is 0 Å². The summed E-state index contributed by atoms with van der Waals surface area (Å²) in [7, 11) is 0. The van der Waals surface area contributed by atoms with Crippen LogP contribution in [0.2, 0.25) is 0 Å². The van der Waals surface area contributed by atoms with Crippen molar-refractivity contribution in [3.8, 4) is 0 Å². The third kappa shape index (κ3) is 4.27. The molecule has 4 rings (SSSR count). The van der Waals surface area contributed by atoms with Gasteiger partial charge < -0.3 is 15.5 Å². The molecule has 0 aliphatic carbocycles. The van der Waals surface area contributed by atoms with E-state index in [-0.39, 0.29) is 11.8 Å². The van der Waals surface area contributed by atoms with E-state index in [9.17, 15) is 9.59 Å². The van der Waals surface area contributed by atoms with Gasteiger partial charge >= 0.3 is 0 Å². The molecule has 1 aliphatic heterocycles. The van der Waals surface area contributed by atoms with E-state index in [2.05, 4.69) is 25.6 Å². The smallest absolute Gasteiger partial charge is 0.273 e. The van der Waals surface area contributed by atoms with Gasteiger partial charge in [0, 0.05) is 31.0 Å². The summed E-state index contributed by atoms with van der Waals surface area (Å²) in [6, 6.07) is 14.7. The van der Waals surface area contributed by atoms with Crippen LogP contribution in [-0.4, -0.2) is 44.3 Å². The maximum absolute atomic E-state index is 12.9. The molecule has 0 radical (unpaired) electrons. The minimum absolute atomic E-state index is 0.178. The van der Waals surface area contributed by atoms with Crippen molar-refractivity contribution in [3.05, 3.63) is 77.7 Å². The summed E-state index contributed by atoms with van der Waals surface area (Å²) in [5.74, 6) is 0.449. The van der Waals surface area contributed by atoms with Crippen molar-refractivity contribution >= 4 is 23.6 Å². The number of rotatable bonds is 7. The molecule has 3 heterocycles. The second-order valence-corrected chi connectivity index (χ2v) is 7.04. The fourth-order valence-corrected chi connectivity index (χ4v) is 3.32. The van der Waals surface area contributed by atoms with Gasteiger partial charge in [0.2, 0.25) is 11.9 Å². The molecular weight excluding hydrogens is 380 g/mol. The lowest BCUT2D eigenvalue weighted by molar-refractivity contribution is -0.125. The Balaban J connectivity index is 1.37. The second kappa shape index (κ2) is 8.69. The zero-order chi connectivity index (χ0) is 20.9. The number of nitrogens with one attached hydrogen (secondary N) is 2. The van der Waals surface area contributed by atoms with Crippen LogP contribution in [-0.2, 0) is 17.8 Å². The Morgan fingerprint density at radius 2 is 1.87 bits per heavy atom. The largest absolute Gasteiger partial charge is 0.354 e. The van der Waals surface area contributed by atoms with Crippen LogP contribution in [0, 0.1) is 0 Å². The molecule has 2 N–H and O–H groups in total. The monoisotopic (exact) mass is 402 g/mol. The number of amides is 2. The lowest BCUT2D eigenvalue weighted by atomic mass is 10.1. The maximum Gasteiger partial charge on any atom is 0.273 e. The number of aromatic nitrogens is 3. The van der Waals surface area contributed by atoms with E-state index in [1.54, 1.807) is 31.5 Å². The highest BCUT2D eigenvalue weighted by Gasteiger charge is 2.35. The van der Waals surface area contributed by atoms with Crippen LogP contribution in [0.1, 0.15) is 28.5 Å². The molecule has 8 heteroatoms. The third-order valence-electron chi connectivity index (χ3n) is 4.99. The third-order valence-corrected chi connectivity index (χ3v) is 4.99. The van der Waals surface area contributed by atoms with Crippen molar-refractivity contribution in [1.29, 1.82) is 0 Å². The van der Waals surface area contributed by atoms with E-state index in [1.807, 2.05) is 36.4 Å². The van der Waals surface area contributed by atoms with Crippen molar-refractivity contribution in [1.82, 2.24) is 25.2 Å². The van der Waals surface area contributed by atoms with Crippen LogP contribution < -0.4 is 10.6 Å². The predicted molar refractivity (Wildman–Crippen MR) is 112 cm³/mol. The minimum Gasteiger partial charge on any atom is -0.354 e. The lowest BCUT2D eigenvalue weighted by Crippen LogP contribution is -2.45. The fourth-order valence-electron chi connectivity index (χ4n) is 3.32. The molecule has 1 atom stereocenters. The minimum atomic E-state index is -0.587. The molecule has 1 aliphatic rings. The Morgan fingerprint density at radius 1 is 1.10 bits per heavy atom. The number of anilines is 2. The average molecular weight is 402 g/mol. The summed E-state index contributed by atoms with van der Waals surface area (Å²) in [5.41, 5.74) is 2.30. The molecule has 0 bridgehead atoms.